The van der Waals surface area contributed by atoms with Crippen molar-refractivity contribution in [1.29, 1.82) is 0 Å². The van der Waals surface area contributed by atoms with Gasteiger partial charge in [-0.3, -0.25) is 4.79 Å². The van der Waals surface area contributed by atoms with E-state index >= 15 is 0 Å². The minimum absolute atomic E-state index is 0.0144. The minimum atomic E-state index is -4.77. The molecule has 0 spiro atoms. The van der Waals surface area contributed by atoms with E-state index < -0.39 is 22.5 Å². The van der Waals surface area contributed by atoms with Gasteiger partial charge < -0.3 is 14.8 Å². The number of carbonyl (C=O) groups is 1. The first kappa shape index (κ1) is 23.4. The molecule has 168 valence electrons. The third-order valence-electron chi connectivity index (χ3n) is 4.38. The first-order valence-corrected chi connectivity index (χ1v) is 11.4. The molecule has 0 saturated carbocycles. The zero-order chi connectivity index (χ0) is 22.8. The SMILES string of the molecule is CCC1Oc2cc(S(=O)(=O)NCCc3ccc(OC(F)(F)F)cc3)c(Br)cc2NC1=O. The molecule has 1 heterocycles. The Morgan fingerprint density at radius 2 is 1.90 bits per heavy atom. The van der Waals surface area contributed by atoms with Gasteiger partial charge in [-0.2, -0.15) is 0 Å². The summed E-state index contributed by atoms with van der Waals surface area (Å²) in [5.41, 5.74) is 0.986. The first-order chi connectivity index (χ1) is 14.5. The lowest BCUT2D eigenvalue weighted by Crippen LogP contribution is -2.36. The van der Waals surface area contributed by atoms with Crippen LogP contribution in [0.5, 0.6) is 11.5 Å². The van der Waals surface area contributed by atoms with Crippen molar-refractivity contribution in [1.82, 2.24) is 4.72 Å². The third kappa shape index (κ3) is 5.89. The second-order valence-electron chi connectivity index (χ2n) is 6.62. The highest BCUT2D eigenvalue weighted by molar-refractivity contribution is 9.10. The van der Waals surface area contributed by atoms with Crippen LogP contribution in [0.25, 0.3) is 0 Å². The number of carbonyl (C=O) groups excluding carboxylic acids is 1. The molecule has 2 aromatic rings. The van der Waals surface area contributed by atoms with E-state index in [0.29, 0.717) is 17.7 Å². The van der Waals surface area contributed by atoms with E-state index in [0.717, 1.165) is 12.1 Å². The minimum Gasteiger partial charge on any atom is -0.478 e. The van der Waals surface area contributed by atoms with Crippen LogP contribution in [-0.2, 0) is 21.2 Å². The monoisotopic (exact) mass is 522 g/mol. The zero-order valence-electron chi connectivity index (χ0n) is 16.1. The van der Waals surface area contributed by atoms with Gasteiger partial charge in [0.1, 0.15) is 11.5 Å². The third-order valence-corrected chi connectivity index (χ3v) is 6.80. The molecule has 1 atom stereocenters. The lowest BCUT2D eigenvalue weighted by molar-refractivity contribution is -0.274. The Balaban J connectivity index is 1.67. The van der Waals surface area contributed by atoms with Gasteiger partial charge in [0, 0.05) is 17.1 Å². The molecule has 0 aromatic heterocycles. The topological polar surface area (TPSA) is 93.7 Å². The molecule has 0 fully saturated rings. The van der Waals surface area contributed by atoms with Gasteiger partial charge in [0.25, 0.3) is 5.91 Å². The van der Waals surface area contributed by atoms with Gasteiger partial charge in [0.2, 0.25) is 10.0 Å². The highest BCUT2D eigenvalue weighted by atomic mass is 79.9. The van der Waals surface area contributed by atoms with E-state index in [-0.39, 0.29) is 39.7 Å². The molecule has 31 heavy (non-hydrogen) atoms. The largest absolute Gasteiger partial charge is 0.573 e. The predicted octanol–water partition coefficient (Wildman–Crippen LogP) is 3.98. The fourth-order valence-electron chi connectivity index (χ4n) is 2.89. The van der Waals surface area contributed by atoms with Crippen LogP contribution in [0, 0.1) is 0 Å². The molecule has 1 unspecified atom stereocenters. The normalized spacial score (nSPS) is 16.3. The number of amides is 1. The zero-order valence-corrected chi connectivity index (χ0v) is 18.5. The Morgan fingerprint density at radius 3 is 2.52 bits per heavy atom. The van der Waals surface area contributed by atoms with E-state index in [2.05, 4.69) is 30.7 Å². The van der Waals surface area contributed by atoms with Crippen LogP contribution in [0.15, 0.2) is 45.8 Å². The van der Waals surface area contributed by atoms with Crippen molar-refractivity contribution in [3.8, 4) is 11.5 Å². The summed E-state index contributed by atoms with van der Waals surface area (Å²) in [6.07, 6.45) is -4.81. The lowest BCUT2D eigenvalue weighted by atomic mass is 10.1. The number of hydrogen-bond donors (Lipinski definition) is 2. The maximum Gasteiger partial charge on any atom is 0.573 e. The number of ether oxygens (including phenoxy) is 2. The Kier molecular flexibility index (Phi) is 6.82. The highest BCUT2D eigenvalue weighted by Gasteiger charge is 2.31. The fraction of sp³-hybridized carbons (Fsp3) is 0.316. The van der Waals surface area contributed by atoms with Crippen molar-refractivity contribution in [2.45, 2.75) is 37.1 Å². The predicted molar refractivity (Wildman–Crippen MR) is 109 cm³/mol. The molecule has 0 bridgehead atoms. The van der Waals surface area contributed by atoms with Gasteiger partial charge in [-0.15, -0.1) is 13.2 Å². The molecule has 0 aliphatic carbocycles. The molecule has 1 aliphatic heterocycles. The lowest BCUT2D eigenvalue weighted by Gasteiger charge is -2.26. The summed E-state index contributed by atoms with van der Waals surface area (Å²) in [5.74, 6) is -0.412. The number of alkyl halides is 3. The van der Waals surface area contributed by atoms with Gasteiger partial charge in [0.15, 0.2) is 6.10 Å². The summed E-state index contributed by atoms with van der Waals surface area (Å²) in [6.45, 7) is 1.79. The highest BCUT2D eigenvalue weighted by Crippen LogP contribution is 2.37. The Labute approximate surface area is 185 Å². The quantitative estimate of drug-likeness (QED) is 0.573. The average Bonchev–Trinajstić information content (AvgIpc) is 2.67. The Bertz CT molecular complexity index is 1080. The number of hydrogen-bond acceptors (Lipinski definition) is 5. The molecule has 7 nitrogen and oxygen atoms in total. The van der Waals surface area contributed by atoms with Crippen molar-refractivity contribution in [3.63, 3.8) is 0 Å². The van der Waals surface area contributed by atoms with Crippen molar-refractivity contribution in [3.05, 3.63) is 46.4 Å². The number of benzene rings is 2. The van der Waals surface area contributed by atoms with Crippen molar-refractivity contribution in [2.75, 3.05) is 11.9 Å². The summed E-state index contributed by atoms with van der Waals surface area (Å²) in [4.78, 5) is 11.8. The summed E-state index contributed by atoms with van der Waals surface area (Å²) in [7, 11) is -3.93. The standard InChI is InChI=1S/C19H18BrF3N2O5S/c1-2-15-18(26)25-14-9-13(20)17(10-16(14)29-15)31(27,28)24-8-7-11-3-5-12(6-4-11)30-19(21,22)23/h3-6,9-10,15,24H,2,7-8H2,1H3,(H,25,26). The second-order valence-corrected chi connectivity index (χ2v) is 9.21. The smallest absolute Gasteiger partial charge is 0.478 e. The van der Waals surface area contributed by atoms with Crippen molar-refractivity contribution >= 4 is 37.5 Å². The fourth-order valence-corrected chi connectivity index (χ4v) is 4.98. The van der Waals surface area contributed by atoms with E-state index in [1.807, 2.05) is 0 Å². The van der Waals surface area contributed by atoms with Crippen LogP contribution in [0.2, 0.25) is 0 Å². The van der Waals surface area contributed by atoms with Crippen molar-refractivity contribution in [2.24, 2.45) is 0 Å². The van der Waals surface area contributed by atoms with Gasteiger partial charge in [-0.1, -0.05) is 19.1 Å². The molecule has 0 saturated heterocycles. The van der Waals surface area contributed by atoms with Crippen LogP contribution >= 0.6 is 15.9 Å². The maximum atomic E-state index is 12.7. The summed E-state index contributed by atoms with van der Waals surface area (Å²) in [6, 6.07) is 7.94. The maximum absolute atomic E-state index is 12.7. The molecular weight excluding hydrogens is 505 g/mol. The van der Waals surface area contributed by atoms with Gasteiger partial charge in [-0.25, -0.2) is 13.1 Å². The number of anilines is 1. The summed E-state index contributed by atoms with van der Waals surface area (Å²) in [5, 5.41) is 2.67. The van der Waals surface area contributed by atoms with E-state index in [1.54, 1.807) is 6.92 Å². The molecule has 0 radical (unpaired) electrons. The van der Waals surface area contributed by atoms with E-state index in [1.165, 1.54) is 24.3 Å². The number of rotatable bonds is 7. The molecule has 1 amide bonds. The van der Waals surface area contributed by atoms with Crippen molar-refractivity contribution < 1.29 is 35.9 Å². The average molecular weight is 523 g/mol. The second kappa shape index (κ2) is 9.05. The molecule has 3 rings (SSSR count). The molecule has 2 aromatic carbocycles. The molecule has 1 aliphatic rings. The van der Waals surface area contributed by atoms with Crippen LogP contribution in [0.4, 0.5) is 18.9 Å². The van der Waals surface area contributed by atoms with E-state index in [9.17, 15) is 26.4 Å². The van der Waals surface area contributed by atoms with Crippen LogP contribution in [0.1, 0.15) is 18.9 Å². The number of nitrogens with one attached hydrogen (secondary N) is 2. The Hall–Kier alpha value is -2.31. The Morgan fingerprint density at radius 1 is 1.23 bits per heavy atom. The van der Waals surface area contributed by atoms with Crippen LogP contribution in [0.3, 0.4) is 0 Å². The van der Waals surface area contributed by atoms with E-state index in [4.69, 9.17) is 4.74 Å². The molecule has 2 N–H and O–H groups in total. The number of fused-ring (bicyclic) bond motifs is 1. The number of sulfonamides is 1. The summed E-state index contributed by atoms with van der Waals surface area (Å²) >= 11 is 3.20. The van der Waals surface area contributed by atoms with Gasteiger partial charge in [-0.05, 0) is 52.5 Å². The first-order valence-electron chi connectivity index (χ1n) is 9.14. The van der Waals surface area contributed by atoms with Gasteiger partial charge >= 0.3 is 6.36 Å². The molecular formula is C19H18BrF3N2O5S. The van der Waals surface area contributed by atoms with Crippen LogP contribution in [-0.4, -0.2) is 33.3 Å². The summed E-state index contributed by atoms with van der Waals surface area (Å²) < 4.78 is 74.1. The number of halogens is 4. The van der Waals surface area contributed by atoms with Gasteiger partial charge in [0.05, 0.1) is 10.6 Å². The molecule has 12 heteroatoms. The van der Waals surface area contributed by atoms with Crippen LogP contribution < -0.4 is 19.5 Å².